The van der Waals surface area contributed by atoms with Crippen LogP contribution in [0.2, 0.25) is 0 Å². The molecule has 1 aliphatic rings. The van der Waals surface area contributed by atoms with Crippen LogP contribution in [0.4, 0.5) is 23.7 Å². The van der Waals surface area contributed by atoms with Crippen molar-refractivity contribution in [1.82, 2.24) is 5.32 Å². The average Bonchev–Trinajstić information content (AvgIpc) is 2.90. The molecule has 0 atom stereocenters. The lowest BCUT2D eigenvalue weighted by molar-refractivity contribution is -0.0521. The Morgan fingerprint density at radius 3 is 2.59 bits per heavy atom. The Bertz CT molecular complexity index is 534. The number of ether oxygens (including phenoxy) is 1. The van der Waals surface area contributed by atoms with Crippen LogP contribution in [0.15, 0.2) is 18.2 Å². The topological polar surface area (TPSA) is 70.6 Å². The molecule has 0 aromatic heterocycles. The fraction of sp³-hybridized carbons (Fsp3) is 0.500. The van der Waals surface area contributed by atoms with Crippen molar-refractivity contribution < 1.29 is 27.8 Å². The SMILES string of the molecule is O=C(Nc1ccc(OC(F)F)c(F)c1)NC1(CO)CCCC1. The summed E-state index contributed by atoms with van der Waals surface area (Å²) in [6, 6.07) is 2.56. The number of alkyl halides is 2. The Hall–Kier alpha value is -1.96. The van der Waals surface area contributed by atoms with Crippen LogP contribution in [-0.2, 0) is 0 Å². The minimum Gasteiger partial charge on any atom is -0.432 e. The summed E-state index contributed by atoms with van der Waals surface area (Å²) < 4.78 is 41.6. The summed E-state index contributed by atoms with van der Waals surface area (Å²) in [4.78, 5) is 11.9. The van der Waals surface area contributed by atoms with Gasteiger partial charge in [-0.2, -0.15) is 8.78 Å². The summed E-state index contributed by atoms with van der Waals surface area (Å²) in [5, 5.41) is 14.5. The molecule has 2 rings (SSSR count). The fourth-order valence-electron chi connectivity index (χ4n) is 2.55. The van der Waals surface area contributed by atoms with Gasteiger partial charge in [-0.1, -0.05) is 12.8 Å². The molecule has 1 aromatic rings. The normalized spacial score (nSPS) is 16.6. The zero-order chi connectivity index (χ0) is 16.2. The first kappa shape index (κ1) is 16.4. The van der Waals surface area contributed by atoms with Gasteiger partial charge in [0.05, 0.1) is 12.1 Å². The van der Waals surface area contributed by atoms with E-state index in [1.54, 1.807) is 0 Å². The lowest BCUT2D eigenvalue weighted by atomic mass is 9.99. The third-order valence-electron chi connectivity index (χ3n) is 3.65. The number of carbonyl (C=O) groups excluding carboxylic acids is 1. The molecule has 1 saturated carbocycles. The van der Waals surface area contributed by atoms with Gasteiger partial charge in [0.2, 0.25) is 0 Å². The van der Waals surface area contributed by atoms with E-state index in [1.165, 1.54) is 6.07 Å². The Kier molecular flexibility index (Phi) is 5.12. The Morgan fingerprint density at radius 2 is 2.05 bits per heavy atom. The van der Waals surface area contributed by atoms with E-state index in [9.17, 15) is 23.1 Å². The molecule has 0 heterocycles. The second-order valence-corrected chi connectivity index (χ2v) is 5.25. The standard InChI is InChI=1S/C14H17F3N2O3/c15-10-7-9(3-4-11(10)22-12(16)17)18-13(21)19-14(8-20)5-1-2-6-14/h3-4,7,12,20H,1-2,5-6,8H2,(H2,18,19,21). The number of urea groups is 1. The van der Waals surface area contributed by atoms with E-state index in [-0.39, 0.29) is 12.3 Å². The van der Waals surface area contributed by atoms with Crippen LogP contribution in [0.1, 0.15) is 25.7 Å². The van der Waals surface area contributed by atoms with Crippen molar-refractivity contribution in [3.8, 4) is 5.75 Å². The van der Waals surface area contributed by atoms with Gasteiger partial charge in [0.15, 0.2) is 11.6 Å². The minimum atomic E-state index is -3.12. The van der Waals surface area contributed by atoms with Crippen LogP contribution in [0.25, 0.3) is 0 Å². The van der Waals surface area contributed by atoms with Crippen molar-refractivity contribution in [3.63, 3.8) is 0 Å². The van der Waals surface area contributed by atoms with Gasteiger partial charge in [0.1, 0.15) is 0 Å². The van der Waals surface area contributed by atoms with Crippen molar-refractivity contribution in [3.05, 3.63) is 24.0 Å². The van der Waals surface area contributed by atoms with Gasteiger partial charge in [0.25, 0.3) is 0 Å². The first-order chi connectivity index (χ1) is 10.4. The summed E-state index contributed by atoms with van der Waals surface area (Å²) in [5.74, 6) is -1.60. The summed E-state index contributed by atoms with van der Waals surface area (Å²) in [7, 11) is 0. The van der Waals surface area contributed by atoms with Crippen LogP contribution in [0.5, 0.6) is 5.75 Å². The number of amides is 2. The third kappa shape index (κ3) is 4.03. The van der Waals surface area contributed by atoms with E-state index in [1.807, 2.05) is 0 Å². The molecule has 0 saturated heterocycles. The molecule has 0 unspecified atom stereocenters. The van der Waals surface area contributed by atoms with Gasteiger partial charge < -0.3 is 20.5 Å². The Balaban J connectivity index is 1.98. The number of halogens is 3. The number of carbonyl (C=O) groups is 1. The number of hydrogen-bond acceptors (Lipinski definition) is 3. The first-order valence-corrected chi connectivity index (χ1v) is 6.88. The zero-order valence-corrected chi connectivity index (χ0v) is 11.7. The smallest absolute Gasteiger partial charge is 0.387 e. The molecule has 1 aromatic carbocycles. The highest BCUT2D eigenvalue weighted by atomic mass is 19.3. The van der Waals surface area contributed by atoms with E-state index in [0.29, 0.717) is 12.8 Å². The van der Waals surface area contributed by atoms with Gasteiger partial charge in [-0.25, -0.2) is 9.18 Å². The van der Waals surface area contributed by atoms with Gasteiger partial charge in [-0.05, 0) is 25.0 Å². The van der Waals surface area contributed by atoms with E-state index in [2.05, 4.69) is 15.4 Å². The van der Waals surface area contributed by atoms with Crippen molar-refractivity contribution >= 4 is 11.7 Å². The average molecular weight is 318 g/mol. The molecule has 0 spiro atoms. The lowest BCUT2D eigenvalue weighted by Gasteiger charge is -2.28. The number of rotatable bonds is 5. The monoisotopic (exact) mass is 318 g/mol. The first-order valence-electron chi connectivity index (χ1n) is 6.88. The largest absolute Gasteiger partial charge is 0.432 e. The summed E-state index contributed by atoms with van der Waals surface area (Å²) >= 11 is 0. The molecule has 0 bridgehead atoms. The van der Waals surface area contributed by atoms with Crippen LogP contribution in [0.3, 0.4) is 0 Å². The molecule has 122 valence electrons. The van der Waals surface area contributed by atoms with E-state index < -0.39 is 29.7 Å². The van der Waals surface area contributed by atoms with Gasteiger partial charge in [-0.15, -0.1) is 0 Å². The van der Waals surface area contributed by atoms with E-state index >= 15 is 0 Å². The van der Waals surface area contributed by atoms with Gasteiger partial charge >= 0.3 is 12.6 Å². The number of aliphatic hydroxyl groups excluding tert-OH is 1. The summed E-state index contributed by atoms with van der Waals surface area (Å²) in [6.07, 6.45) is 3.17. The highest BCUT2D eigenvalue weighted by Crippen LogP contribution is 2.29. The molecule has 1 fully saturated rings. The molecule has 22 heavy (non-hydrogen) atoms. The number of aliphatic hydroxyl groups is 1. The maximum atomic E-state index is 13.5. The van der Waals surface area contributed by atoms with Gasteiger partial charge in [0, 0.05) is 11.8 Å². The lowest BCUT2D eigenvalue weighted by Crippen LogP contribution is -2.50. The number of nitrogens with one attached hydrogen (secondary N) is 2. The molecule has 2 amide bonds. The van der Waals surface area contributed by atoms with E-state index in [4.69, 9.17) is 0 Å². The van der Waals surface area contributed by atoms with Crippen LogP contribution in [0, 0.1) is 5.82 Å². The quantitative estimate of drug-likeness (QED) is 0.782. The molecule has 0 aliphatic heterocycles. The Labute approximate surface area is 125 Å². The Morgan fingerprint density at radius 1 is 1.36 bits per heavy atom. The van der Waals surface area contributed by atoms with Crippen molar-refractivity contribution in [1.29, 1.82) is 0 Å². The molecule has 0 radical (unpaired) electrons. The fourth-order valence-corrected chi connectivity index (χ4v) is 2.55. The molecule has 1 aliphatic carbocycles. The minimum absolute atomic E-state index is 0.0997. The highest BCUT2D eigenvalue weighted by Gasteiger charge is 2.34. The zero-order valence-electron chi connectivity index (χ0n) is 11.7. The maximum Gasteiger partial charge on any atom is 0.387 e. The summed E-state index contributed by atoms with van der Waals surface area (Å²) in [6.45, 7) is -3.29. The highest BCUT2D eigenvalue weighted by molar-refractivity contribution is 5.89. The van der Waals surface area contributed by atoms with Gasteiger partial charge in [-0.3, -0.25) is 0 Å². The van der Waals surface area contributed by atoms with Crippen LogP contribution >= 0.6 is 0 Å². The number of benzene rings is 1. The second kappa shape index (κ2) is 6.87. The maximum absolute atomic E-state index is 13.5. The molecule has 3 N–H and O–H groups in total. The molecule has 8 heteroatoms. The van der Waals surface area contributed by atoms with Crippen LogP contribution < -0.4 is 15.4 Å². The van der Waals surface area contributed by atoms with Crippen molar-refractivity contribution in [2.45, 2.75) is 37.8 Å². The molecular formula is C14H17F3N2O3. The second-order valence-electron chi connectivity index (χ2n) is 5.25. The predicted molar refractivity (Wildman–Crippen MR) is 73.5 cm³/mol. The van der Waals surface area contributed by atoms with Crippen molar-refractivity contribution in [2.75, 3.05) is 11.9 Å². The number of anilines is 1. The third-order valence-corrected chi connectivity index (χ3v) is 3.65. The predicted octanol–water partition coefficient (Wildman–Crippen LogP) is 2.85. The van der Waals surface area contributed by atoms with E-state index in [0.717, 1.165) is 25.0 Å². The van der Waals surface area contributed by atoms with Crippen LogP contribution in [-0.4, -0.2) is 29.9 Å². The number of hydrogen-bond donors (Lipinski definition) is 3. The summed E-state index contributed by atoms with van der Waals surface area (Å²) in [5.41, 5.74) is -0.552. The molecular weight excluding hydrogens is 301 g/mol. The van der Waals surface area contributed by atoms with Crippen molar-refractivity contribution in [2.24, 2.45) is 0 Å². The molecule has 5 nitrogen and oxygen atoms in total.